The van der Waals surface area contributed by atoms with E-state index in [9.17, 15) is 4.79 Å². The van der Waals surface area contributed by atoms with E-state index in [2.05, 4.69) is 20.8 Å². The van der Waals surface area contributed by atoms with E-state index in [-0.39, 0.29) is 5.92 Å². The van der Waals surface area contributed by atoms with Crippen LogP contribution in [0, 0.1) is 5.92 Å². The molecule has 0 saturated heterocycles. The molecule has 0 saturated carbocycles. The van der Waals surface area contributed by atoms with Gasteiger partial charge in [-0.05, 0) is 6.42 Å². The Morgan fingerprint density at radius 1 is 0.938 bits per heavy atom. The van der Waals surface area contributed by atoms with Crippen LogP contribution in [0.4, 0.5) is 0 Å². The number of carbonyl (C=O) groups is 1. The summed E-state index contributed by atoms with van der Waals surface area (Å²) >= 11 is 0. The molecule has 0 radical (unpaired) electrons. The van der Waals surface area contributed by atoms with E-state index in [1.54, 1.807) is 6.92 Å². The lowest BCUT2D eigenvalue weighted by Gasteiger charge is -2.02. The lowest BCUT2D eigenvalue weighted by atomic mass is 10.1. The molecule has 2 heteroatoms. The van der Waals surface area contributed by atoms with Crippen molar-refractivity contribution in [3.05, 3.63) is 0 Å². The van der Waals surface area contributed by atoms with Crippen LogP contribution in [-0.4, -0.2) is 11.1 Å². The molecule has 1 atom stereocenters. The van der Waals surface area contributed by atoms with E-state index in [0.717, 1.165) is 19.3 Å². The maximum Gasteiger partial charge on any atom is 0.306 e. The minimum atomic E-state index is -0.677. The molecular weight excluding hydrogens is 200 g/mol. The predicted molar refractivity (Wildman–Crippen MR) is 70.8 cm³/mol. The third kappa shape index (κ3) is 15.9. The van der Waals surface area contributed by atoms with Crippen LogP contribution >= 0.6 is 0 Å². The average molecular weight is 230 g/mol. The minimum absolute atomic E-state index is 0.162. The molecule has 0 fully saturated rings. The van der Waals surface area contributed by atoms with Gasteiger partial charge in [-0.25, -0.2) is 0 Å². The molecule has 0 heterocycles. The minimum Gasteiger partial charge on any atom is -0.481 e. The molecule has 0 spiro atoms. The Balaban J connectivity index is 0. The van der Waals surface area contributed by atoms with Gasteiger partial charge in [0.2, 0.25) is 0 Å². The summed E-state index contributed by atoms with van der Waals surface area (Å²) in [6.07, 6.45) is 9.92. The smallest absolute Gasteiger partial charge is 0.306 e. The van der Waals surface area contributed by atoms with Crippen LogP contribution in [0.15, 0.2) is 0 Å². The van der Waals surface area contributed by atoms with Crippen molar-refractivity contribution < 1.29 is 9.90 Å². The van der Waals surface area contributed by atoms with E-state index in [4.69, 9.17) is 5.11 Å². The second-order valence-electron chi connectivity index (χ2n) is 4.44. The zero-order valence-electron chi connectivity index (χ0n) is 11.6. The van der Waals surface area contributed by atoms with Crippen LogP contribution in [0.3, 0.4) is 0 Å². The molecule has 0 aromatic rings. The summed E-state index contributed by atoms with van der Waals surface area (Å²) in [7, 11) is 0. The SMILES string of the molecule is CCCCC(C)C(=O)O.CCCCCCC. The molecule has 0 rings (SSSR count). The first-order chi connectivity index (χ1) is 7.59. The molecule has 1 N–H and O–H groups in total. The van der Waals surface area contributed by atoms with Crippen LogP contribution < -0.4 is 0 Å². The molecule has 0 aromatic heterocycles. The molecule has 2 nitrogen and oxygen atoms in total. The van der Waals surface area contributed by atoms with Gasteiger partial charge in [0.15, 0.2) is 0 Å². The Labute approximate surface area is 101 Å². The van der Waals surface area contributed by atoms with E-state index in [1.807, 2.05) is 0 Å². The molecule has 16 heavy (non-hydrogen) atoms. The fourth-order valence-electron chi connectivity index (χ4n) is 1.31. The molecule has 98 valence electrons. The second-order valence-corrected chi connectivity index (χ2v) is 4.44. The Morgan fingerprint density at radius 2 is 1.38 bits per heavy atom. The standard InChI is InChI=1S/C7H14O2.C7H16/c1-3-4-5-6(2)7(8)9;1-3-5-7-6-4-2/h6H,3-5H2,1-2H3,(H,8,9);3-7H2,1-2H3. The molecule has 0 aliphatic carbocycles. The summed E-state index contributed by atoms with van der Waals surface area (Å²) in [4.78, 5) is 10.2. The summed E-state index contributed by atoms with van der Waals surface area (Å²) in [6.45, 7) is 8.30. The lowest BCUT2D eigenvalue weighted by molar-refractivity contribution is -0.141. The summed E-state index contributed by atoms with van der Waals surface area (Å²) in [5.74, 6) is -0.839. The molecule has 1 unspecified atom stereocenters. The van der Waals surface area contributed by atoms with Gasteiger partial charge in [-0.2, -0.15) is 0 Å². The van der Waals surface area contributed by atoms with E-state index in [1.165, 1.54) is 32.1 Å². The second kappa shape index (κ2) is 14.5. The first-order valence-corrected chi connectivity index (χ1v) is 6.82. The van der Waals surface area contributed by atoms with Crippen molar-refractivity contribution in [1.82, 2.24) is 0 Å². The van der Waals surface area contributed by atoms with Crippen molar-refractivity contribution in [3.8, 4) is 0 Å². The third-order valence-corrected chi connectivity index (χ3v) is 2.62. The van der Waals surface area contributed by atoms with Gasteiger partial charge in [-0.1, -0.05) is 72.6 Å². The monoisotopic (exact) mass is 230 g/mol. The largest absolute Gasteiger partial charge is 0.481 e. The Morgan fingerprint density at radius 3 is 1.69 bits per heavy atom. The van der Waals surface area contributed by atoms with Crippen molar-refractivity contribution in [2.75, 3.05) is 0 Å². The fourth-order valence-corrected chi connectivity index (χ4v) is 1.31. The zero-order valence-corrected chi connectivity index (χ0v) is 11.6. The molecule has 0 amide bonds. The highest BCUT2D eigenvalue weighted by Crippen LogP contribution is 2.06. The van der Waals surface area contributed by atoms with Gasteiger partial charge in [0, 0.05) is 0 Å². The van der Waals surface area contributed by atoms with E-state index < -0.39 is 5.97 Å². The van der Waals surface area contributed by atoms with Crippen molar-refractivity contribution in [2.45, 2.75) is 79.1 Å². The van der Waals surface area contributed by atoms with Gasteiger partial charge >= 0.3 is 5.97 Å². The number of carboxylic acids is 1. The van der Waals surface area contributed by atoms with Gasteiger partial charge in [0.25, 0.3) is 0 Å². The Hall–Kier alpha value is -0.530. The van der Waals surface area contributed by atoms with Gasteiger partial charge in [-0.3, -0.25) is 4.79 Å². The average Bonchev–Trinajstić information content (AvgIpc) is 2.27. The fraction of sp³-hybridized carbons (Fsp3) is 0.929. The number of aliphatic carboxylic acids is 1. The third-order valence-electron chi connectivity index (χ3n) is 2.62. The number of carboxylic acid groups (broad SMARTS) is 1. The van der Waals surface area contributed by atoms with Crippen LogP contribution in [0.2, 0.25) is 0 Å². The number of rotatable bonds is 8. The van der Waals surface area contributed by atoms with Crippen molar-refractivity contribution in [1.29, 1.82) is 0 Å². The topological polar surface area (TPSA) is 37.3 Å². The zero-order chi connectivity index (χ0) is 12.8. The summed E-state index contributed by atoms with van der Waals surface area (Å²) < 4.78 is 0. The van der Waals surface area contributed by atoms with Crippen LogP contribution in [0.1, 0.15) is 79.1 Å². The number of unbranched alkanes of at least 4 members (excludes halogenated alkanes) is 5. The van der Waals surface area contributed by atoms with Crippen molar-refractivity contribution >= 4 is 5.97 Å². The normalized spacial score (nSPS) is 11.5. The molecule has 0 aromatic carbocycles. The lowest BCUT2D eigenvalue weighted by Crippen LogP contribution is -2.08. The summed E-state index contributed by atoms with van der Waals surface area (Å²) in [6, 6.07) is 0. The van der Waals surface area contributed by atoms with Crippen molar-refractivity contribution in [2.24, 2.45) is 5.92 Å². The van der Waals surface area contributed by atoms with Gasteiger partial charge < -0.3 is 5.11 Å². The van der Waals surface area contributed by atoms with Crippen LogP contribution in [0.25, 0.3) is 0 Å². The highest BCUT2D eigenvalue weighted by Gasteiger charge is 2.08. The summed E-state index contributed by atoms with van der Waals surface area (Å²) in [5.41, 5.74) is 0. The molecule has 0 bridgehead atoms. The van der Waals surface area contributed by atoms with E-state index in [0.29, 0.717) is 0 Å². The first-order valence-electron chi connectivity index (χ1n) is 6.82. The predicted octanol–water partition coefficient (Wildman–Crippen LogP) is 4.87. The highest BCUT2D eigenvalue weighted by atomic mass is 16.4. The van der Waals surface area contributed by atoms with Crippen molar-refractivity contribution in [3.63, 3.8) is 0 Å². The summed E-state index contributed by atoms with van der Waals surface area (Å²) in [5, 5.41) is 8.41. The van der Waals surface area contributed by atoms with Crippen LogP contribution in [0.5, 0.6) is 0 Å². The van der Waals surface area contributed by atoms with Gasteiger partial charge in [0.1, 0.15) is 0 Å². The number of hydrogen-bond acceptors (Lipinski definition) is 1. The Bertz CT molecular complexity index is 140. The quantitative estimate of drug-likeness (QED) is 0.604. The van der Waals surface area contributed by atoms with Gasteiger partial charge in [0.05, 0.1) is 5.92 Å². The number of hydrogen-bond donors (Lipinski definition) is 1. The first kappa shape index (κ1) is 17.9. The molecule has 0 aliphatic heterocycles. The maximum absolute atomic E-state index is 10.2. The Kier molecular flexibility index (Phi) is 16.1. The van der Waals surface area contributed by atoms with Crippen LogP contribution in [-0.2, 0) is 4.79 Å². The van der Waals surface area contributed by atoms with Gasteiger partial charge in [-0.15, -0.1) is 0 Å². The maximum atomic E-state index is 10.2. The molecular formula is C14H30O2. The van der Waals surface area contributed by atoms with E-state index >= 15 is 0 Å². The molecule has 0 aliphatic rings. The highest BCUT2D eigenvalue weighted by molar-refractivity contribution is 5.69.